The summed E-state index contributed by atoms with van der Waals surface area (Å²) in [5.41, 5.74) is 5.80. The maximum Gasteiger partial charge on any atom is 0.135 e. The van der Waals surface area contributed by atoms with Gasteiger partial charge in [-0.25, -0.2) is 0 Å². The Morgan fingerprint density at radius 1 is 0.958 bits per heavy atom. The van der Waals surface area contributed by atoms with Crippen LogP contribution in [0.25, 0.3) is 33.2 Å². The Bertz CT molecular complexity index is 1020. The van der Waals surface area contributed by atoms with Crippen molar-refractivity contribution >= 4 is 21.9 Å². The second-order valence-electron chi connectivity index (χ2n) is 7.04. The Labute approximate surface area is 141 Å². The first-order valence-corrected chi connectivity index (χ1v) is 8.55. The summed E-state index contributed by atoms with van der Waals surface area (Å²) < 4.78 is 6.23. The molecule has 4 aromatic rings. The molecule has 0 radical (unpaired) electrons. The van der Waals surface area contributed by atoms with Gasteiger partial charge in [-0.15, -0.1) is 0 Å². The Morgan fingerprint density at radius 3 is 2.54 bits per heavy atom. The molecule has 1 N–H and O–H groups in total. The predicted molar refractivity (Wildman–Crippen MR) is 99.5 cm³/mol. The lowest BCUT2D eigenvalue weighted by atomic mass is 9.92. The van der Waals surface area contributed by atoms with Crippen LogP contribution in [0.1, 0.15) is 50.7 Å². The van der Waals surface area contributed by atoms with Crippen LogP contribution in [0.4, 0.5) is 0 Å². The van der Waals surface area contributed by atoms with Gasteiger partial charge in [-0.2, -0.15) is 5.10 Å². The second kappa shape index (κ2) is 5.52. The van der Waals surface area contributed by atoms with Crippen LogP contribution in [-0.4, -0.2) is 10.2 Å². The molecule has 122 valence electrons. The van der Waals surface area contributed by atoms with Crippen LogP contribution in [0.15, 0.2) is 47.0 Å². The summed E-state index contributed by atoms with van der Waals surface area (Å²) in [4.78, 5) is 0. The first-order chi connectivity index (χ1) is 11.6. The number of nitrogens with zero attached hydrogens (tertiary/aromatic N) is 1. The lowest BCUT2D eigenvalue weighted by Gasteiger charge is -2.12. The number of aromatic amines is 1. The van der Waals surface area contributed by atoms with E-state index in [9.17, 15) is 0 Å². The molecule has 0 fully saturated rings. The zero-order valence-corrected chi connectivity index (χ0v) is 14.6. The van der Waals surface area contributed by atoms with Crippen molar-refractivity contribution in [3.05, 3.63) is 53.7 Å². The number of H-pyrrole nitrogens is 1. The average Bonchev–Trinajstić information content (AvgIpc) is 3.18. The molecule has 0 aliphatic carbocycles. The van der Waals surface area contributed by atoms with Crippen LogP contribution in [0.5, 0.6) is 0 Å². The van der Waals surface area contributed by atoms with E-state index >= 15 is 0 Å². The minimum Gasteiger partial charge on any atom is -0.456 e. The van der Waals surface area contributed by atoms with Gasteiger partial charge in [0.1, 0.15) is 11.3 Å². The predicted octanol–water partition coefficient (Wildman–Crippen LogP) is 6.22. The van der Waals surface area contributed by atoms with Gasteiger partial charge in [0.25, 0.3) is 0 Å². The Kier molecular flexibility index (Phi) is 3.45. The van der Waals surface area contributed by atoms with E-state index in [0.29, 0.717) is 11.8 Å². The van der Waals surface area contributed by atoms with Crippen molar-refractivity contribution in [3.63, 3.8) is 0 Å². The van der Waals surface area contributed by atoms with Crippen LogP contribution in [0, 0.1) is 0 Å². The first kappa shape index (κ1) is 15.0. The highest BCUT2D eigenvalue weighted by Gasteiger charge is 2.18. The smallest absolute Gasteiger partial charge is 0.135 e. The van der Waals surface area contributed by atoms with Crippen LogP contribution >= 0.6 is 0 Å². The third kappa shape index (κ3) is 2.23. The van der Waals surface area contributed by atoms with Gasteiger partial charge in [-0.3, -0.25) is 5.10 Å². The van der Waals surface area contributed by atoms with Gasteiger partial charge in [-0.1, -0.05) is 39.8 Å². The van der Waals surface area contributed by atoms with Gasteiger partial charge in [0.2, 0.25) is 0 Å². The number of fused-ring (bicyclic) bond motifs is 2. The summed E-state index contributed by atoms with van der Waals surface area (Å²) in [5.74, 6) is 1.80. The molecule has 3 nitrogen and oxygen atoms in total. The van der Waals surface area contributed by atoms with E-state index in [1.165, 1.54) is 21.9 Å². The third-order valence-corrected chi connectivity index (χ3v) is 4.73. The summed E-state index contributed by atoms with van der Waals surface area (Å²) in [7, 11) is 0. The molecule has 2 heterocycles. The molecule has 2 aromatic heterocycles. The maximum atomic E-state index is 6.23. The monoisotopic (exact) mass is 318 g/mol. The van der Waals surface area contributed by atoms with Crippen molar-refractivity contribution in [2.24, 2.45) is 0 Å². The minimum atomic E-state index is 0.388. The van der Waals surface area contributed by atoms with Gasteiger partial charge in [-0.05, 0) is 47.2 Å². The SMILES string of the molecule is CC(C)c1c(-c2cc3c(C(C)C)cccc3o2)ccc2[nH]ncc12. The normalized spacial score (nSPS) is 12.1. The molecule has 0 aliphatic rings. The quantitative estimate of drug-likeness (QED) is 0.487. The number of rotatable bonds is 3. The number of hydrogen-bond donors (Lipinski definition) is 1. The maximum absolute atomic E-state index is 6.23. The second-order valence-corrected chi connectivity index (χ2v) is 7.04. The number of nitrogens with one attached hydrogen (secondary N) is 1. The molecule has 0 atom stereocenters. The summed E-state index contributed by atoms with van der Waals surface area (Å²) in [6, 6.07) is 12.7. The Hall–Kier alpha value is -2.55. The molecule has 0 amide bonds. The van der Waals surface area contributed by atoms with Crippen LogP contribution in [-0.2, 0) is 0 Å². The van der Waals surface area contributed by atoms with Crippen LogP contribution < -0.4 is 0 Å². The molecule has 0 bridgehead atoms. The van der Waals surface area contributed by atoms with E-state index in [1.54, 1.807) is 0 Å². The fourth-order valence-corrected chi connectivity index (χ4v) is 3.60. The lowest BCUT2D eigenvalue weighted by Crippen LogP contribution is -1.93. The fourth-order valence-electron chi connectivity index (χ4n) is 3.60. The van der Waals surface area contributed by atoms with Gasteiger partial charge in [0.15, 0.2) is 0 Å². The summed E-state index contributed by atoms with van der Waals surface area (Å²) >= 11 is 0. The molecule has 0 unspecified atom stereocenters. The molecule has 0 spiro atoms. The van der Waals surface area contributed by atoms with Crippen molar-refractivity contribution in [1.29, 1.82) is 0 Å². The van der Waals surface area contributed by atoms with Crippen molar-refractivity contribution in [2.45, 2.75) is 39.5 Å². The van der Waals surface area contributed by atoms with Crippen LogP contribution in [0.3, 0.4) is 0 Å². The molecular formula is C21H22N2O. The number of furan rings is 1. The van der Waals surface area contributed by atoms with E-state index in [4.69, 9.17) is 4.42 Å². The largest absolute Gasteiger partial charge is 0.456 e. The number of benzene rings is 2. The minimum absolute atomic E-state index is 0.388. The molecule has 4 rings (SSSR count). The molecule has 3 heteroatoms. The van der Waals surface area contributed by atoms with Crippen LogP contribution in [0.2, 0.25) is 0 Å². The average molecular weight is 318 g/mol. The van der Waals surface area contributed by atoms with Gasteiger partial charge < -0.3 is 4.42 Å². The molecule has 2 aromatic carbocycles. The zero-order valence-electron chi connectivity index (χ0n) is 14.6. The standard InChI is InChI=1S/C21H22N2O/c1-12(2)14-6-5-7-19-16(14)10-20(24-19)15-8-9-18-17(11-22-23-18)21(15)13(3)4/h5-13H,1-4H3,(H,22,23). The highest BCUT2D eigenvalue weighted by atomic mass is 16.3. The van der Waals surface area contributed by atoms with E-state index in [2.05, 4.69) is 74.3 Å². The molecule has 0 aliphatic heterocycles. The molecule has 0 saturated heterocycles. The van der Waals surface area contributed by atoms with Gasteiger partial charge in [0, 0.05) is 16.3 Å². The topological polar surface area (TPSA) is 41.8 Å². The Morgan fingerprint density at radius 2 is 1.79 bits per heavy atom. The highest BCUT2D eigenvalue weighted by Crippen LogP contribution is 2.38. The molecular weight excluding hydrogens is 296 g/mol. The first-order valence-electron chi connectivity index (χ1n) is 8.55. The van der Waals surface area contributed by atoms with E-state index < -0.39 is 0 Å². The van der Waals surface area contributed by atoms with Crippen molar-refractivity contribution in [1.82, 2.24) is 10.2 Å². The lowest BCUT2D eigenvalue weighted by molar-refractivity contribution is 0.629. The summed E-state index contributed by atoms with van der Waals surface area (Å²) in [6.45, 7) is 8.87. The highest BCUT2D eigenvalue weighted by molar-refractivity contribution is 5.92. The van der Waals surface area contributed by atoms with E-state index in [1.807, 2.05) is 6.20 Å². The molecule has 0 saturated carbocycles. The van der Waals surface area contributed by atoms with Crippen molar-refractivity contribution in [2.75, 3.05) is 0 Å². The van der Waals surface area contributed by atoms with Gasteiger partial charge >= 0.3 is 0 Å². The van der Waals surface area contributed by atoms with E-state index in [-0.39, 0.29) is 0 Å². The van der Waals surface area contributed by atoms with Crippen molar-refractivity contribution < 1.29 is 4.42 Å². The summed E-state index contributed by atoms with van der Waals surface area (Å²) in [6.07, 6.45) is 1.91. The number of hydrogen-bond acceptors (Lipinski definition) is 2. The third-order valence-electron chi connectivity index (χ3n) is 4.73. The summed E-state index contributed by atoms with van der Waals surface area (Å²) in [5, 5.41) is 9.65. The Balaban J connectivity index is 1.99. The fraction of sp³-hybridized carbons (Fsp3) is 0.286. The van der Waals surface area contributed by atoms with E-state index in [0.717, 1.165) is 22.4 Å². The number of aromatic nitrogens is 2. The van der Waals surface area contributed by atoms with Crippen molar-refractivity contribution in [3.8, 4) is 11.3 Å². The van der Waals surface area contributed by atoms with Gasteiger partial charge in [0.05, 0.1) is 11.7 Å². The zero-order chi connectivity index (χ0) is 16.8. The molecule has 24 heavy (non-hydrogen) atoms.